The van der Waals surface area contributed by atoms with Crippen LogP contribution in [0.4, 0.5) is 10.1 Å². The number of nitro benzene ring substituents is 1. The van der Waals surface area contributed by atoms with Crippen LogP contribution in [0.1, 0.15) is 0 Å². The summed E-state index contributed by atoms with van der Waals surface area (Å²) in [6.45, 7) is 0.186. The van der Waals surface area contributed by atoms with Gasteiger partial charge in [0.1, 0.15) is 12.4 Å². The van der Waals surface area contributed by atoms with Gasteiger partial charge < -0.3 is 14.4 Å². The first kappa shape index (κ1) is 18.2. The van der Waals surface area contributed by atoms with Gasteiger partial charge in [-0.2, -0.15) is 0 Å². The number of amides is 1. The first-order valence-electron chi connectivity index (χ1n) is 7.46. The van der Waals surface area contributed by atoms with Crippen molar-refractivity contribution in [2.75, 3.05) is 26.8 Å². The van der Waals surface area contributed by atoms with Crippen molar-refractivity contribution in [1.29, 1.82) is 0 Å². The van der Waals surface area contributed by atoms with E-state index in [2.05, 4.69) is 0 Å². The van der Waals surface area contributed by atoms with E-state index in [4.69, 9.17) is 9.47 Å². The zero-order chi connectivity index (χ0) is 18.2. The molecule has 7 nitrogen and oxygen atoms in total. The van der Waals surface area contributed by atoms with E-state index in [0.29, 0.717) is 5.75 Å². The van der Waals surface area contributed by atoms with Crippen LogP contribution in [0.25, 0.3) is 0 Å². The molecule has 0 aliphatic carbocycles. The Morgan fingerprint density at radius 3 is 2.48 bits per heavy atom. The van der Waals surface area contributed by atoms with Gasteiger partial charge in [0.25, 0.3) is 11.6 Å². The van der Waals surface area contributed by atoms with Gasteiger partial charge in [0.15, 0.2) is 18.2 Å². The Hall–Kier alpha value is -3.16. The number of likely N-dealkylation sites (N-methyl/N-ethyl adjacent to an activating group) is 1. The number of benzene rings is 2. The van der Waals surface area contributed by atoms with E-state index in [1.807, 2.05) is 0 Å². The summed E-state index contributed by atoms with van der Waals surface area (Å²) in [5, 5.41) is 10.6. The first-order chi connectivity index (χ1) is 12.0. The lowest BCUT2D eigenvalue weighted by atomic mass is 10.3. The predicted molar refractivity (Wildman–Crippen MR) is 88.1 cm³/mol. The zero-order valence-electron chi connectivity index (χ0n) is 13.6. The van der Waals surface area contributed by atoms with E-state index in [9.17, 15) is 19.3 Å². The molecule has 1 amide bonds. The maximum atomic E-state index is 13.4. The summed E-state index contributed by atoms with van der Waals surface area (Å²) in [4.78, 5) is 23.4. The highest BCUT2D eigenvalue weighted by molar-refractivity contribution is 5.77. The number of rotatable bonds is 8. The summed E-state index contributed by atoms with van der Waals surface area (Å²) in [6.07, 6.45) is 0. The van der Waals surface area contributed by atoms with Gasteiger partial charge in [-0.1, -0.05) is 12.1 Å². The second-order valence-electron chi connectivity index (χ2n) is 5.13. The van der Waals surface area contributed by atoms with Crippen molar-refractivity contribution in [1.82, 2.24) is 4.90 Å². The van der Waals surface area contributed by atoms with Crippen molar-refractivity contribution >= 4 is 11.6 Å². The third-order valence-corrected chi connectivity index (χ3v) is 3.36. The van der Waals surface area contributed by atoms with Gasteiger partial charge in [-0.25, -0.2) is 4.39 Å². The van der Waals surface area contributed by atoms with Gasteiger partial charge in [-0.3, -0.25) is 14.9 Å². The summed E-state index contributed by atoms with van der Waals surface area (Å²) in [6, 6.07) is 11.5. The second-order valence-corrected chi connectivity index (χ2v) is 5.13. The van der Waals surface area contributed by atoms with Crippen LogP contribution in [0, 0.1) is 15.9 Å². The molecule has 0 saturated heterocycles. The average Bonchev–Trinajstić information content (AvgIpc) is 2.61. The molecule has 8 heteroatoms. The molecular formula is C17H17FN2O5. The fourth-order valence-corrected chi connectivity index (χ4v) is 1.90. The van der Waals surface area contributed by atoms with E-state index in [1.54, 1.807) is 19.2 Å². The van der Waals surface area contributed by atoms with E-state index in [0.717, 1.165) is 0 Å². The lowest BCUT2D eigenvalue weighted by Crippen LogP contribution is -2.34. The number of non-ortho nitro benzene ring substituents is 1. The molecule has 0 aromatic heterocycles. The number of nitrogens with zero attached hydrogens (tertiary/aromatic N) is 2. The van der Waals surface area contributed by atoms with Gasteiger partial charge in [0.05, 0.1) is 11.5 Å². The van der Waals surface area contributed by atoms with Crippen LogP contribution < -0.4 is 9.47 Å². The lowest BCUT2D eigenvalue weighted by Gasteiger charge is -2.18. The van der Waals surface area contributed by atoms with Crippen LogP contribution in [0.15, 0.2) is 48.5 Å². The summed E-state index contributed by atoms with van der Waals surface area (Å²) in [5.74, 6) is -0.270. The zero-order valence-corrected chi connectivity index (χ0v) is 13.6. The van der Waals surface area contributed by atoms with Crippen LogP contribution in [0.2, 0.25) is 0 Å². The molecule has 0 heterocycles. The maximum absolute atomic E-state index is 13.4. The van der Waals surface area contributed by atoms with Crippen LogP contribution >= 0.6 is 0 Å². The van der Waals surface area contributed by atoms with Gasteiger partial charge in [-0.05, 0) is 24.3 Å². The Labute approximate surface area is 143 Å². The van der Waals surface area contributed by atoms with Crippen molar-refractivity contribution in [2.45, 2.75) is 0 Å². The normalized spacial score (nSPS) is 10.2. The highest BCUT2D eigenvalue weighted by atomic mass is 19.1. The maximum Gasteiger partial charge on any atom is 0.269 e. The number of nitro groups is 1. The van der Waals surface area contributed by atoms with Gasteiger partial charge in [0, 0.05) is 19.2 Å². The van der Waals surface area contributed by atoms with Crippen LogP contribution in [0.5, 0.6) is 11.5 Å². The van der Waals surface area contributed by atoms with E-state index < -0.39 is 10.7 Å². The van der Waals surface area contributed by atoms with Crippen LogP contribution in [-0.2, 0) is 4.79 Å². The smallest absolute Gasteiger partial charge is 0.269 e. The van der Waals surface area contributed by atoms with E-state index in [-0.39, 0.29) is 37.1 Å². The molecule has 0 spiro atoms. The molecule has 0 bridgehead atoms. The number of carbonyl (C=O) groups excluding carboxylic acids is 1. The molecule has 0 radical (unpaired) electrons. The average molecular weight is 348 g/mol. The predicted octanol–water partition coefficient (Wildman–Crippen LogP) is 2.65. The molecule has 0 saturated carbocycles. The fourth-order valence-electron chi connectivity index (χ4n) is 1.90. The molecule has 0 atom stereocenters. The largest absolute Gasteiger partial charge is 0.489 e. The van der Waals surface area contributed by atoms with Crippen LogP contribution in [0.3, 0.4) is 0 Å². The molecule has 2 rings (SSSR count). The molecule has 132 valence electrons. The molecule has 0 N–H and O–H groups in total. The molecule has 2 aromatic rings. The van der Waals surface area contributed by atoms with Crippen molar-refractivity contribution in [3.8, 4) is 11.5 Å². The Morgan fingerprint density at radius 2 is 1.84 bits per heavy atom. The molecular weight excluding hydrogens is 331 g/mol. The quantitative estimate of drug-likeness (QED) is 0.541. The number of ether oxygens (including phenoxy) is 2. The Bertz CT molecular complexity index is 736. The van der Waals surface area contributed by atoms with E-state index in [1.165, 1.54) is 41.3 Å². The third kappa shape index (κ3) is 5.45. The molecule has 2 aromatic carbocycles. The molecule has 0 fully saturated rings. The minimum absolute atomic E-state index is 0.0545. The monoisotopic (exact) mass is 348 g/mol. The first-order valence-corrected chi connectivity index (χ1v) is 7.46. The van der Waals surface area contributed by atoms with Crippen molar-refractivity contribution in [3.05, 3.63) is 64.5 Å². The molecule has 0 aliphatic rings. The molecule has 25 heavy (non-hydrogen) atoms. The third-order valence-electron chi connectivity index (χ3n) is 3.36. The highest BCUT2D eigenvalue weighted by Gasteiger charge is 2.11. The summed E-state index contributed by atoms with van der Waals surface area (Å²) in [7, 11) is 1.58. The minimum Gasteiger partial charge on any atom is -0.489 e. The number of halogens is 1. The number of hydrogen-bond acceptors (Lipinski definition) is 5. The number of hydrogen-bond donors (Lipinski definition) is 0. The van der Waals surface area contributed by atoms with Crippen molar-refractivity contribution in [2.24, 2.45) is 0 Å². The standard InChI is InChI=1S/C17H17FN2O5/c1-19(10-11-24-16-5-3-2-4-15(16)18)17(21)12-25-14-8-6-13(7-9-14)20(22)23/h2-9H,10-12H2,1H3. The number of carbonyl (C=O) groups is 1. The van der Waals surface area contributed by atoms with Gasteiger partial charge in [0.2, 0.25) is 0 Å². The summed E-state index contributed by atoms with van der Waals surface area (Å²) < 4.78 is 24.0. The topological polar surface area (TPSA) is 81.9 Å². The summed E-state index contributed by atoms with van der Waals surface area (Å²) in [5.41, 5.74) is -0.0545. The number of para-hydroxylation sites is 1. The summed E-state index contributed by atoms with van der Waals surface area (Å²) >= 11 is 0. The fraction of sp³-hybridized carbons (Fsp3) is 0.235. The van der Waals surface area contributed by atoms with Crippen molar-refractivity contribution in [3.63, 3.8) is 0 Å². The Balaban J connectivity index is 1.74. The van der Waals surface area contributed by atoms with Crippen molar-refractivity contribution < 1.29 is 23.6 Å². The van der Waals surface area contributed by atoms with Gasteiger partial charge in [-0.15, -0.1) is 0 Å². The highest BCUT2D eigenvalue weighted by Crippen LogP contribution is 2.17. The van der Waals surface area contributed by atoms with E-state index >= 15 is 0 Å². The molecule has 0 aliphatic heterocycles. The Morgan fingerprint density at radius 1 is 1.16 bits per heavy atom. The lowest BCUT2D eigenvalue weighted by molar-refractivity contribution is -0.384. The SMILES string of the molecule is CN(CCOc1ccccc1F)C(=O)COc1ccc([N+](=O)[O-])cc1. The molecule has 0 unspecified atom stereocenters. The minimum atomic E-state index is -0.516. The Kier molecular flexibility index (Phi) is 6.27. The van der Waals surface area contributed by atoms with Gasteiger partial charge >= 0.3 is 0 Å². The second kappa shape index (κ2) is 8.62. The van der Waals surface area contributed by atoms with Crippen LogP contribution in [-0.4, -0.2) is 42.5 Å².